The number of esters is 2. The molecule has 7 nitrogen and oxygen atoms in total. The Bertz CT molecular complexity index is 598. The summed E-state index contributed by atoms with van der Waals surface area (Å²) in [5.74, 6) is -0.287. The molecule has 0 aromatic heterocycles. The molecule has 0 aromatic carbocycles. The standard InChI is InChI=1S/C34H66O7/c1-7-9-11-13-15-17-19-21-23-33(35)40-27-31(5)38-25-29(3)37-26-30(4)39-28-32(6)41-34(36)24-22-20-18-16-14-12-10-8-2/h29-32H,7-28H2,1-6H3. The van der Waals surface area contributed by atoms with E-state index in [-0.39, 0.29) is 43.0 Å². The van der Waals surface area contributed by atoms with Crippen LogP contribution in [0.4, 0.5) is 0 Å². The molecule has 244 valence electrons. The Kier molecular flexibility index (Phi) is 28.1. The molecule has 0 fully saturated rings. The van der Waals surface area contributed by atoms with Crippen molar-refractivity contribution in [2.75, 3.05) is 26.4 Å². The van der Waals surface area contributed by atoms with Crippen LogP contribution in [0.15, 0.2) is 0 Å². The molecule has 0 N–H and O–H groups in total. The Labute approximate surface area is 253 Å². The van der Waals surface area contributed by atoms with E-state index in [2.05, 4.69) is 13.8 Å². The Morgan fingerprint density at radius 2 is 0.780 bits per heavy atom. The molecule has 0 spiro atoms. The first kappa shape index (κ1) is 39.8. The van der Waals surface area contributed by atoms with Gasteiger partial charge in [0.1, 0.15) is 12.7 Å². The van der Waals surface area contributed by atoms with E-state index in [4.69, 9.17) is 23.7 Å². The van der Waals surface area contributed by atoms with Crippen LogP contribution in [0, 0.1) is 0 Å². The van der Waals surface area contributed by atoms with Crippen molar-refractivity contribution in [2.45, 2.75) is 182 Å². The highest BCUT2D eigenvalue weighted by Crippen LogP contribution is 2.12. The minimum atomic E-state index is -0.279. The lowest BCUT2D eigenvalue weighted by Gasteiger charge is -2.21. The van der Waals surface area contributed by atoms with E-state index in [0.717, 1.165) is 25.7 Å². The van der Waals surface area contributed by atoms with Gasteiger partial charge < -0.3 is 23.7 Å². The molecule has 0 amide bonds. The predicted octanol–water partition coefficient (Wildman–Crippen LogP) is 8.74. The molecule has 0 heterocycles. The molecule has 0 aliphatic carbocycles. The van der Waals surface area contributed by atoms with E-state index in [1.807, 2.05) is 27.7 Å². The van der Waals surface area contributed by atoms with Crippen LogP contribution in [0.5, 0.6) is 0 Å². The molecular weight excluding hydrogens is 520 g/mol. The summed E-state index contributed by atoms with van der Waals surface area (Å²) in [7, 11) is 0. The molecule has 0 bridgehead atoms. The molecular formula is C34H66O7. The fraction of sp³-hybridized carbons (Fsp3) is 0.941. The summed E-state index contributed by atoms with van der Waals surface area (Å²) in [5.41, 5.74) is 0. The van der Waals surface area contributed by atoms with Crippen molar-refractivity contribution in [3.8, 4) is 0 Å². The van der Waals surface area contributed by atoms with Crippen molar-refractivity contribution >= 4 is 11.9 Å². The van der Waals surface area contributed by atoms with Crippen molar-refractivity contribution in [1.82, 2.24) is 0 Å². The zero-order valence-electron chi connectivity index (χ0n) is 27.7. The van der Waals surface area contributed by atoms with Crippen molar-refractivity contribution < 1.29 is 33.3 Å². The maximum Gasteiger partial charge on any atom is 0.306 e. The van der Waals surface area contributed by atoms with Crippen LogP contribution in [-0.4, -0.2) is 62.8 Å². The molecule has 0 aliphatic heterocycles. The average molecular weight is 587 g/mol. The zero-order chi connectivity index (χ0) is 30.6. The summed E-state index contributed by atoms with van der Waals surface area (Å²) in [5, 5.41) is 0. The fourth-order valence-corrected chi connectivity index (χ4v) is 4.45. The summed E-state index contributed by atoms with van der Waals surface area (Å²) in [4.78, 5) is 24.0. The van der Waals surface area contributed by atoms with Crippen molar-refractivity contribution in [1.29, 1.82) is 0 Å². The third-order valence-electron chi connectivity index (χ3n) is 7.13. The number of hydrogen-bond donors (Lipinski definition) is 0. The first-order valence-electron chi connectivity index (χ1n) is 17.0. The Balaban J connectivity index is 3.73. The van der Waals surface area contributed by atoms with Gasteiger partial charge in [0, 0.05) is 12.8 Å². The number of hydrogen-bond acceptors (Lipinski definition) is 7. The van der Waals surface area contributed by atoms with Crippen LogP contribution < -0.4 is 0 Å². The molecule has 0 saturated heterocycles. The van der Waals surface area contributed by atoms with E-state index >= 15 is 0 Å². The number of carbonyl (C=O) groups excluding carboxylic acids is 2. The lowest BCUT2D eigenvalue weighted by molar-refractivity contribution is -0.153. The van der Waals surface area contributed by atoms with Gasteiger partial charge in [0.05, 0.1) is 38.1 Å². The maximum atomic E-state index is 12.1. The summed E-state index contributed by atoms with van der Waals surface area (Å²) in [6.45, 7) is 13.6. The van der Waals surface area contributed by atoms with Crippen molar-refractivity contribution in [2.24, 2.45) is 0 Å². The van der Waals surface area contributed by atoms with Gasteiger partial charge >= 0.3 is 11.9 Å². The van der Waals surface area contributed by atoms with Crippen LogP contribution in [-0.2, 0) is 33.3 Å². The smallest absolute Gasteiger partial charge is 0.306 e. The van der Waals surface area contributed by atoms with Gasteiger partial charge in [-0.3, -0.25) is 9.59 Å². The van der Waals surface area contributed by atoms with Gasteiger partial charge in [-0.25, -0.2) is 0 Å². The van der Waals surface area contributed by atoms with Crippen molar-refractivity contribution in [3.63, 3.8) is 0 Å². The predicted molar refractivity (Wildman–Crippen MR) is 167 cm³/mol. The van der Waals surface area contributed by atoms with Crippen molar-refractivity contribution in [3.05, 3.63) is 0 Å². The second-order valence-corrected chi connectivity index (χ2v) is 11.9. The van der Waals surface area contributed by atoms with E-state index in [9.17, 15) is 9.59 Å². The van der Waals surface area contributed by atoms with Crippen LogP contribution in [0.25, 0.3) is 0 Å². The minimum Gasteiger partial charge on any atom is -0.463 e. The maximum absolute atomic E-state index is 12.1. The van der Waals surface area contributed by atoms with Gasteiger partial charge in [-0.2, -0.15) is 0 Å². The highest BCUT2D eigenvalue weighted by atomic mass is 16.6. The first-order valence-corrected chi connectivity index (χ1v) is 17.0. The molecule has 0 aliphatic rings. The average Bonchev–Trinajstić information content (AvgIpc) is 2.95. The van der Waals surface area contributed by atoms with E-state index in [0.29, 0.717) is 32.7 Å². The van der Waals surface area contributed by atoms with Gasteiger partial charge in [0.15, 0.2) is 0 Å². The number of carbonyl (C=O) groups is 2. The SMILES string of the molecule is CCCCCCCCCCC(=O)OCC(C)OCC(C)OCC(C)OCC(C)OC(=O)CCCCCCCCCC. The highest BCUT2D eigenvalue weighted by molar-refractivity contribution is 5.69. The number of ether oxygens (including phenoxy) is 5. The van der Waals surface area contributed by atoms with E-state index in [1.165, 1.54) is 77.0 Å². The molecule has 4 atom stereocenters. The topological polar surface area (TPSA) is 80.3 Å². The van der Waals surface area contributed by atoms with Crippen LogP contribution in [0.2, 0.25) is 0 Å². The van der Waals surface area contributed by atoms with Gasteiger partial charge in [0.25, 0.3) is 0 Å². The zero-order valence-corrected chi connectivity index (χ0v) is 27.7. The first-order chi connectivity index (χ1) is 19.8. The molecule has 0 radical (unpaired) electrons. The Morgan fingerprint density at radius 3 is 1.22 bits per heavy atom. The molecule has 7 heteroatoms. The molecule has 0 aromatic rings. The third kappa shape index (κ3) is 28.7. The Morgan fingerprint density at radius 1 is 0.439 bits per heavy atom. The summed E-state index contributed by atoms with van der Waals surface area (Å²) in [6.07, 6.45) is 19.6. The lowest BCUT2D eigenvalue weighted by atomic mass is 10.1. The second-order valence-electron chi connectivity index (χ2n) is 11.9. The summed E-state index contributed by atoms with van der Waals surface area (Å²) < 4.78 is 28.3. The second kappa shape index (κ2) is 28.9. The summed E-state index contributed by atoms with van der Waals surface area (Å²) in [6, 6.07) is 0. The fourth-order valence-electron chi connectivity index (χ4n) is 4.45. The van der Waals surface area contributed by atoms with Gasteiger partial charge in [-0.05, 0) is 40.5 Å². The number of unbranched alkanes of at least 4 members (excludes halogenated alkanes) is 14. The Hall–Kier alpha value is -1.18. The van der Waals surface area contributed by atoms with Crippen LogP contribution in [0.3, 0.4) is 0 Å². The van der Waals surface area contributed by atoms with E-state index in [1.54, 1.807) is 0 Å². The largest absolute Gasteiger partial charge is 0.463 e. The van der Waals surface area contributed by atoms with E-state index < -0.39 is 0 Å². The highest BCUT2D eigenvalue weighted by Gasteiger charge is 2.14. The molecule has 0 rings (SSSR count). The molecule has 41 heavy (non-hydrogen) atoms. The van der Waals surface area contributed by atoms with Gasteiger partial charge in [0.2, 0.25) is 0 Å². The lowest BCUT2D eigenvalue weighted by Crippen LogP contribution is -2.29. The normalized spacial score (nSPS) is 14.4. The monoisotopic (exact) mass is 586 g/mol. The quantitative estimate of drug-likeness (QED) is 0.0615. The molecule has 4 unspecified atom stereocenters. The minimum absolute atomic E-state index is 0.113. The van der Waals surface area contributed by atoms with Crippen LogP contribution in [0.1, 0.15) is 157 Å². The summed E-state index contributed by atoms with van der Waals surface area (Å²) >= 11 is 0. The van der Waals surface area contributed by atoms with Gasteiger partial charge in [-0.1, -0.05) is 104 Å². The van der Waals surface area contributed by atoms with Gasteiger partial charge in [-0.15, -0.1) is 0 Å². The third-order valence-corrected chi connectivity index (χ3v) is 7.13. The van der Waals surface area contributed by atoms with Crippen LogP contribution >= 0.6 is 0 Å². The number of rotatable bonds is 30. The molecule has 0 saturated carbocycles.